The van der Waals surface area contributed by atoms with E-state index in [0.29, 0.717) is 4.57 Å². The maximum absolute atomic E-state index is 14.7. The number of alkyl halides is 2. The summed E-state index contributed by atoms with van der Waals surface area (Å²) in [6.07, 6.45) is -5.11. The number of aromatic nitrogens is 2. The molecule has 1 aromatic carbocycles. The van der Waals surface area contributed by atoms with Crippen LogP contribution in [0.2, 0.25) is 0 Å². The number of benzene rings is 1. The Morgan fingerprint density at radius 3 is 2.64 bits per heavy atom. The Bertz CT molecular complexity index is 1100. The van der Waals surface area contributed by atoms with Crippen molar-refractivity contribution in [2.75, 3.05) is 11.9 Å². The normalized spacial score (nSPS) is 23.8. The second-order valence-corrected chi connectivity index (χ2v) is 10.6. The smallest absolute Gasteiger partial charge is 0.351 e. The summed E-state index contributed by atoms with van der Waals surface area (Å²) in [5.41, 5.74) is -0.808. The van der Waals surface area contributed by atoms with Crippen molar-refractivity contribution in [2.24, 2.45) is 0 Å². The average Bonchev–Trinajstić information content (AvgIpc) is 2.96. The number of hydrogen-bond acceptors (Lipinski definition) is 8. The first-order chi connectivity index (χ1) is 15.4. The number of nitrogens with one attached hydrogen (secondary N) is 2. The van der Waals surface area contributed by atoms with E-state index in [1.165, 1.54) is 18.2 Å². The number of carbonyl (C=O) groups excluding carboxylic acids is 1. The van der Waals surface area contributed by atoms with E-state index in [9.17, 15) is 28.4 Å². The summed E-state index contributed by atoms with van der Waals surface area (Å²) >= 11 is 4.86. The lowest BCUT2D eigenvalue weighted by Crippen LogP contribution is -2.42. The van der Waals surface area contributed by atoms with Crippen LogP contribution in [0.1, 0.15) is 30.4 Å². The van der Waals surface area contributed by atoms with Crippen LogP contribution >= 0.6 is 6.64 Å². The van der Waals surface area contributed by atoms with Crippen LogP contribution in [0.4, 0.5) is 14.6 Å². The molecule has 2 heterocycles. The standard InChI is InChI=1S/C19H23F2N4O6PS/c1-11(2)22-14-8-9-25(18(28)23-14)17-19(20,21)15(26)13(31-17)10-30-32(29,33)24-16(27)12-6-4-3-5-7-12/h3-9,11,13,15,17,26H,10H2,1-2H3,(H,22,23,28)(H2,24,27,29,33)/t13?,15-,17-,32?/m1/s1. The van der Waals surface area contributed by atoms with Gasteiger partial charge >= 0.3 is 11.6 Å². The van der Waals surface area contributed by atoms with Crippen LogP contribution in [0.15, 0.2) is 47.4 Å². The Morgan fingerprint density at radius 1 is 1.36 bits per heavy atom. The number of anilines is 1. The molecule has 2 unspecified atom stereocenters. The van der Waals surface area contributed by atoms with E-state index in [1.807, 2.05) is 13.8 Å². The number of halogens is 2. The van der Waals surface area contributed by atoms with Gasteiger partial charge in [0, 0.05) is 17.8 Å². The quantitative estimate of drug-likeness (QED) is 0.396. The summed E-state index contributed by atoms with van der Waals surface area (Å²) in [6.45, 7) is -1.08. The number of hydrogen-bond donors (Lipinski definition) is 4. The van der Waals surface area contributed by atoms with Crippen molar-refractivity contribution in [1.82, 2.24) is 14.6 Å². The molecule has 10 nitrogen and oxygen atoms in total. The summed E-state index contributed by atoms with van der Waals surface area (Å²) in [7, 11) is 0. The Kier molecular flexibility index (Phi) is 7.62. The Morgan fingerprint density at radius 2 is 2.03 bits per heavy atom. The minimum Gasteiger partial charge on any atom is -0.384 e. The molecule has 0 bridgehead atoms. The van der Waals surface area contributed by atoms with Crippen LogP contribution in [-0.2, 0) is 21.1 Å². The zero-order valence-electron chi connectivity index (χ0n) is 17.6. The summed E-state index contributed by atoms with van der Waals surface area (Å²) in [6, 6.07) is 9.13. The molecule has 1 aliphatic heterocycles. The van der Waals surface area contributed by atoms with Gasteiger partial charge in [-0.15, -0.1) is 0 Å². The van der Waals surface area contributed by atoms with Crippen molar-refractivity contribution in [3.05, 3.63) is 58.6 Å². The number of rotatable bonds is 8. The monoisotopic (exact) mass is 504 g/mol. The first-order valence-electron chi connectivity index (χ1n) is 9.83. The second-order valence-electron chi connectivity index (χ2n) is 7.57. The maximum Gasteiger partial charge on any atom is 0.351 e. The number of ether oxygens (including phenoxy) is 1. The second kappa shape index (κ2) is 9.92. The van der Waals surface area contributed by atoms with E-state index in [2.05, 4.69) is 15.4 Å². The van der Waals surface area contributed by atoms with E-state index in [0.717, 1.165) is 6.20 Å². The zero-order valence-corrected chi connectivity index (χ0v) is 19.3. The number of aliphatic hydroxyl groups is 1. The molecule has 33 heavy (non-hydrogen) atoms. The lowest BCUT2D eigenvalue weighted by Gasteiger charge is -2.21. The minimum atomic E-state index is -3.95. The third kappa shape index (κ3) is 5.99. The summed E-state index contributed by atoms with van der Waals surface area (Å²) < 4.78 is 40.2. The molecule has 4 atom stereocenters. The third-order valence-electron chi connectivity index (χ3n) is 4.59. The molecule has 2 aromatic rings. The van der Waals surface area contributed by atoms with Gasteiger partial charge in [0.2, 0.25) is 6.23 Å². The molecular formula is C19H23F2N4O6PS. The Balaban J connectivity index is 1.69. The van der Waals surface area contributed by atoms with Crippen LogP contribution in [0.25, 0.3) is 0 Å². The molecule has 4 N–H and O–H groups in total. The molecule has 1 amide bonds. The highest BCUT2D eigenvalue weighted by atomic mass is 32.5. The molecule has 0 radical (unpaired) electrons. The summed E-state index contributed by atoms with van der Waals surface area (Å²) in [5, 5.41) is 15.1. The molecule has 0 saturated carbocycles. The molecule has 0 aliphatic carbocycles. The van der Waals surface area contributed by atoms with Gasteiger partial charge in [-0.25, -0.2) is 4.79 Å². The summed E-state index contributed by atoms with van der Waals surface area (Å²) in [4.78, 5) is 38.3. The van der Waals surface area contributed by atoms with E-state index < -0.39 is 49.2 Å². The van der Waals surface area contributed by atoms with Crippen LogP contribution in [0.3, 0.4) is 0 Å². The van der Waals surface area contributed by atoms with Crippen molar-refractivity contribution in [2.45, 2.75) is 44.2 Å². The third-order valence-corrected chi connectivity index (χ3v) is 6.17. The zero-order chi connectivity index (χ0) is 24.4. The molecule has 14 heteroatoms. The average molecular weight is 504 g/mol. The van der Waals surface area contributed by atoms with E-state index in [-0.39, 0.29) is 17.4 Å². The van der Waals surface area contributed by atoms with Gasteiger partial charge in [-0.2, -0.15) is 13.8 Å². The first kappa shape index (κ1) is 25.3. The highest BCUT2D eigenvalue weighted by Gasteiger charge is 2.60. The number of aliphatic hydroxyl groups excluding tert-OH is 1. The fraction of sp³-hybridized carbons (Fsp3) is 0.421. The van der Waals surface area contributed by atoms with Crippen molar-refractivity contribution in [1.29, 1.82) is 0 Å². The van der Waals surface area contributed by atoms with Crippen molar-refractivity contribution >= 4 is 30.2 Å². The molecular weight excluding hydrogens is 481 g/mol. The molecule has 0 spiro atoms. The van der Waals surface area contributed by atoms with Crippen LogP contribution in [-0.4, -0.2) is 56.2 Å². The molecule has 180 valence electrons. The minimum absolute atomic E-state index is 0.0388. The maximum atomic E-state index is 14.7. The van der Waals surface area contributed by atoms with Crippen molar-refractivity contribution < 1.29 is 32.8 Å². The lowest BCUT2D eigenvalue weighted by atomic mass is 10.1. The highest BCUT2D eigenvalue weighted by Crippen LogP contribution is 2.44. The summed E-state index contributed by atoms with van der Waals surface area (Å²) in [5.74, 6) is -4.40. The predicted molar refractivity (Wildman–Crippen MR) is 118 cm³/mol. The fourth-order valence-corrected chi connectivity index (χ4v) is 4.29. The van der Waals surface area contributed by atoms with E-state index >= 15 is 0 Å². The van der Waals surface area contributed by atoms with Gasteiger partial charge in [0.05, 0.1) is 6.61 Å². The van der Waals surface area contributed by atoms with Crippen molar-refractivity contribution in [3.8, 4) is 0 Å². The fourth-order valence-electron chi connectivity index (χ4n) is 3.06. The topological polar surface area (TPSA) is 135 Å². The van der Waals surface area contributed by atoms with E-state index in [1.54, 1.807) is 18.2 Å². The van der Waals surface area contributed by atoms with Gasteiger partial charge in [0.15, 0.2) is 6.10 Å². The van der Waals surface area contributed by atoms with Gasteiger partial charge in [0.25, 0.3) is 12.5 Å². The molecule has 1 aliphatic rings. The molecule has 3 rings (SSSR count). The van der Waals surface area contributed by atoms with Gasteiger partial charge in [-0.3, -0.25) is 14.4 Å². The molecule has 1 fully saturated rings. The van der Waals surface area contributed by atoms with Crippen LogP contribution in [0.5, 0.6) is 0 Å². The van der Waals surface area contributed by atoms with Crippen LogP contribution in [0, 0.1) is 0 Å². The lowest BCUT2D eigenvalue weighted by molar-refractivity contribution is -0.140. The molecule has 1 aromatic heterocycles. The van der Waals surface area contributed by atoms with E-state index in [4.69, 9.17) is 21.1 Å². The number of carbonyl (C=O) groups is 1. The highest BCUT2D eigenvalue weighted by molar-refractivity contribution is 8.08. The van der Waals surface area contributed by atoms with Crippen molar-refractivity contribution in [3.63, 3.8) is 0 Å². The first-order valence-corrected chi connectivity index (χ1v) is 12.5. The predicted octanol–water partition coefficient (Wildman–Crippen LogP) is 1.62. The van der Waals surface area contributed by atoms with Gasteiger partial charge in [0.1, 0.15) is 11.9 Å². The Labute approximate surface area is 192 Å². The number of amides is 1. The van der Waals surface area contributed by atoms with Gasteiger partial charge in [-0.05, 0) is 43.9 Å². The SMILES string of the molecule is CC(C)Nc1ccn([C@@H]2OC(COP(O)(=S)NC(=O)c3ccccc3)[C@@H](O)C2(F)F)c(=O)n1. The van der Waals surface area contributed by atoms with Gasteiger partial charge < -0.3 is 24.6 Å². The largest absolute Gasteiger partial charge is 0.384 e. The molecule has 1 saturated heterocycles. The van der Waals surface area contributed by atoms with Crippen LogP contribution < -0.4 is 16.1 Å². The number of nitrogens with zero attached hydrogens (tertiary/aromatic N) is 2. The van der Waals surface area contributed by atoms with Gasteiger partial charge in [-0.1, -0.05) is 18.2 Å². The Hall–Kier alpha value is -2.28.